The van der Waals surface area contributed by atoms with E-state index in [0.717, 1.165) is 49.1 Å². The molecule has 0 unspecified atom stereocenters. The lowest BCUT2D eigenvalue weighted by Gasteiger charge is -2.21. The zero-order chi connectivity index (χ0) is 15.1. The number of carbonyl (C=O) groups is 1. The molecule has 0 aromatic heterocycles. The van der Waals surface area contributed by atoms with E-state index in [9.17, 15) is 4.79 Å². The molecule has 0 spiro atoms. The number of carbonyl (C=O) groups excluding carboxylic acids is 1. The van der Waals surface area contributed by atoms with Crippen molar-refractivity contribution in [2.24, 2.45) is 11.7 Å². The number of benzene rings is 1. The predicted molar refractivity (Wildman–Crippen MR) is 85.6 cm³/mol. The summed E-state index contributed by atoms with van der Waals surface area (Å²) in [7, 11) is 0. The summed E-state index contributed by atoms with van der Waals surface area (Å²) in [5.74, 6) is 1.02. The molecule has 0 aliphatic heterocycles. The first-order valence-electron chi connectivity index (χ1n) is 8.01. The number of anilines is 1. The minimum Gasteiger partial charge on any atom is -0.492 e. The van der Waals surface area contributed by atoms with Crippen LogP contribution in [0.4, 0.5) is 5.69 Å². The zero-order valence-electron chi connectivity index (χ0n) is 12.9. The van der Waals surface area contributed by atoms with Crippen LogP contribution in [0.3, 0.4) is 0 Å². The average molecular weight is 290 g/mol. The molecule has 3 N–H and O–H groups in total. The van der Waals surface area contributed by atoms with Gasteiger partial charge in [0, 0.05) is 5.92 Å². The van der Waals surface area contributed by atoms with Crippen LogP contribution in [-0.4, -0.2) is 19.1 Å². The normalized spacial score (nSPS) is 15.7. The van der Waals surface area contributed by atoms with Crippen molar-refractivity contribution >= 4 is 11.6 Å². The maximum absolute atomic E-state index is 12.3. The van der Waals surface area contributed by atoms with E-state index in [-0.39, 0.29) is 11.8 Å². The molecule has 0 saturated heterocycles. The second-order valence-electron chi connectivity index (χ2n) is 5.63. The average Bonchev–Trinajstić information content (AvgIpc) is 2.51. The third kappa shape index (κ3) is 4.46. The Kier molecular flexibility index (Phi) is 6.05. The third-order valence-electron chi connectivity index (χ3n) is 4.01. The van der Waals surface area contributed by atoms with Gasteiger partial charge in [-0.25, -0.2) is 0 Å². The number of amides is 1. The maximum atomic E-state index is 12.3. The Labute approximate surface area is 127 Å². The lowest BCUT2D eigenvalue weighted by atomic mass is 9.88. The smallest absolute Gasteiger partial charge is 0.227 e. The van der Waals surface area contributed by atoms with Crippen LogP contribution in [0.25, 0.3) is 0 Å². The highest BCUT2D eigenvalue weighted by atomic mass is 16.5. The number of rotatable bonds is 6. The van der Waals surface area contributed by atoms with Crippen molar-refractivity contribution in [2.75, 3.05) is 18.5 Å². The van der Waals surface area contributed by atoms with E-state index in [1.165, 1.54) is 6.42 Å². The molecule has 2 rings (SSSR count). The molecule has 4 nitrogen and oxygen atoms in total. The van der Waals surface area contributed by atoms with E-state index in [4.69, 9.17) is 10.5 Å². The van der Waals surface area contributed by atoms with Crippen LogP contribution in [0.1, 0.15) is 44.6 Å². The predicted octanol–water partition coefficient (Wildman–Crippen LogP) is 3.11. The van der Waals surface area contributed by atoms with Crippen molar-refractivity contribution < 1.29 is 9.53 Å². The number of nitrogens with one attached hydrogen (secondary N) is 1. The Morgan fingerprint density at radius 1 is 1.33 bits per heavy atom. The van der Waals surface area contributed by atoms with Crippen molar-refractivity contribution in [3.8, 4) is 5.75 Å². The van der Waals surface area contributed by atoms with Gasteiger partial charge in [0.2, 0.25) is 5.91 Å². The SMILES string of the molecule is CCOc1cc(CCN)ccc1NC(=O)C1CCCCC1. The molecule has 1 aliphatic rings. The lowest BCUT2D eigenvalue weighted by Crippen LogP contribution is -2.25. The van der Waals surface area contributed by atoms with Gasteiger partial charge < -0.3 is 15.8 Å². The second kappa shape index (κ2) is 8.03. The highest BCUT2D eigenvalue weighted by molar-refractivity contribution is 5.94. The first-order chi connectivity index (χ1) is 10.2. The summed E-state index contributed by atoms with van der Waals surface area (Å²) in [6, 6.07) is 5.91. The molecule has 116 valence electrons. The molecule has 1 amide bonds. The van der Waals surface area contributed by atoms with Crippen LogP contribution in [0, 0.1) is 5.92 Å². The molecule has 0 atom stereocenters. The van der Waals surface area contributed by atoms with Gasteiger partial charge in [-0.3, -0.25) is 4.79 Å². The molecule has 4 heteroatoms. The van der Waals surface area contributed by atoms with E-state index < -0.39 is 0 Å². The Hall–Kier alpha value is -1.55. The fraction of sp³-hybridized carbons (Fsp3) is 0.588. The molecular formula is C17H26N2O2. The Balaban J connectivity index is 2.08. The van der Waals surface area contributed by atoms with E-state index in [1.807, 2.05) is 25.1 Å². The summed E-state index contributed by atoms with van der Waals surface area (Å²) in [6.07, 6.45) is 6.39. The summed E-state index contributed by atoms with van der Waals surface area (Å²) < 4.78 is 5.66. The molecule has 1 saturated carbocycles. The van der Waals surface area contributed by atoms with Gasteiger partial charge in [0.15, 0.2) is 0 Å². The maximum Gasteiger partial charge on any atom is 0.227 e. The van der Waals surface area contributed by atoms with Crippen LogP contribution in [0.5, 0.6) is 5.75 Å². The van der Waals surface area contributed by atoms with Crippen LogP contribution < -0.4 is 15.8 Å². The van der Waals surface area contributed by atoms with Gasteiger partial charge in [0.1, 0.15) is 5.75 Å². The highest BCUT2D eigenvalue weighted by Crippen LogP contribution is 2.29. The topological polar surface area (TPSA) is 64.3 Å². The second-order valence-corrected chi connectivity index (χ2v) is 5.63. The largest absolute Gasteiger partial charge is 0.492 e. The van der Waals surface area contributed by atoms with Crippen LogP contribution in [0.2, 0.25) is 0 Å². The highest BCUT2D eigenvalue weighted by Gasteiger charge is 2.22. The zero-order valence-corrected chi connectivity index (χ0v) is 12.9. The summed E-state index contributed by atoms with van der Waals surface area (Å²) in [5.41, 5.74) is 7.50. The van der Waals surface area contributed by atoms with Gasteiger partial charge in [-0.2, -0.15) is 0 Å². The molecule has 0 heterocycles. The fourth-order valence-corrected chi connectivity index (χ4v) is 2.87. The van der Waals surface area contributed by atoms with Crippen molar-refractivity contribution in [2.45, 2.75) is 45.4 Å². The first-order valence-corrected chi connectivity index (χ1v) is 8.01. The van der Waals surface area contributed by atoms with Crippen molar-refractivity contribution in [3.05, 3.63) is 23.8 Å². The van der Waals surface area contributed by atoms with Crippen LogP contribution >= 0.6 is 0 Å². The summed E-state index contributed by atoms with van der Waals surface area (Å²) in [6.45, 7) is 3.14. The van der Waals surface area contributed by atoms with E-state index in [1.54, 1.807) is 0 Å². The minimum absolute atomic E-state index is 0.127. The summed E-state index contributed by atoms with van der Waals surface area (Å²) in [4.78, 5) is 12.3. The van der Waals surface area contributed by atoms with E-state index >= 15 is 0 Å². The number of hydrogen-bond acceptors (Lipinski definition) is 3. The molecule has 0 bridgehead atoms. The Morgan fingerprint density at radius 2 is 2.10 bits per heavy atom. The molecule has 0 radical (unpaired) electrons. The minimum atomic E-state index is 0.127. The molecular weight excluding hydrogens is 264 g/mol. The summed E-state index contributed by atoms with van der Waals surface area (Å²) >= 11 is 0. The van der Waals surface area contributed by atoms with Gasteiger partial charge in [0.25, 0.3) is 0 Å². The quantitative estimate of drug-likeness (QED) is 0.846. The van der Waals surface area contributed by atoms with Crippen molar-refractivity contribution in [3.63, 3.8) is 0 Å². The number of hydrogen-bond donors (Lipinski definition) is 2. The standard InChI is InChI=1S/C17H26N2O2/c1-2-21-16-12-13(10-11-18)8-9-15(16)19-17(20)14-6-4-3-5-7-14/h8-9,12,14H,2-7,10-11,18H2,1H3,(H,19,20). The lowest BCUT2D eigenvalue weighted by molar-refractivity contribution is -0.120. The Bertz CT molecular complexity index is 468. The Morgan fingerprint density at radius 3 is 2.76 bits per heavy atom. The molecule has 1 aromatic carbocycles. The molecule has 1 aliphatic carbocycles. The van der Waals surface area contributed by atoms with Gasteiger partial charge in [0.05, 0.1) is 12.3 Å². The van der Waals surface area contributed by atoms with Gasteiger partial charge in [-0.1, -0.05) is 25.3 Å². The van der Waals surface area contributed by atoms with Crippen LogP contribution in [0.15, 0.2) is 18.2 Å². The fourth-order valence-electron chi connectivity index (χ4n) is 2.87. The van der Waals surface area contributed by atoms with E-state index in [0.29, 0.717) is 13.2 Å². The summed E-state index contributed by atoms with van der Waals surface area (Å²) in [5, 5.41) is 3.04. The van der Waals surface area contributed by atoms with Gasteiger partial charge >= 0.3 is 0 Å². The molecule has 21 heavy (non-hydrogen) atoms. The first kappa shape index (κ1) is 15.8. The number of nitrogens with two attached hydrogens (primary N) is 1. The third-order valence-corrected chi connectivity index (χ3v) is 4.01. The van der Waals surface area contributed by atoms with Gasteiger partial charge in [-0.05, 0) is 50.4 Å². The van der Waals surface area contributed by atoms with Crippen LogP contribution in [-0.2, 0) is 11.2 Å². The van der Waals surface area contributed by atoms with E-state index in [2.05, 4.69) is 5.32 Å². The number of ether oxygens (including phenoxy) is 1. The monoisotopic (exact) mass is 290 g/mol. The van der Waals surface area contributed by atoms with Gasteiger partial charge in [-0.15, -0.1) is 0 Å². The van der Waals surface area contributed by atoms with Crippen molar-refractivity contribution in [1.82, 2.24) is 0 Å². The molecule has 1 aromatic rings. The molecule has 1 fully saturated rings. The van der Waals surface area contributed by atoms with Crippen molar-refractivity contribution in [1.29, 1.82) is 0 Å².